The number of pyridine rings is 1. The Morgan fingerprint density at radius 1 is 1.31 bits per heavy atom. The summed E-state index contributed by atoms with van der Waals surface area (Å²) >= 11 is 1.57. The van der Waals surface area contributed by atoms with E-state index in [2.05, 4.69) is 25.8 Å². The molecule has 3 N–H and O–H groups in total. The molecule has 138 valence electrons. The predicted octanol–water partition coefficient (Wildman–Crippen LogP) is 1.80. The van der Waals surface area contributed by atoms with Gasteiger partial charge in [0.1, 0.15) is 11.4 Å². The van der Waals surface area contributed by atoms with Crippen LogP contribution >= 0.6 is 11.3 Å². The van der Waals surface area contributed by atoms with E-state index < -0.39 is 5.60 Å². The molecule has 7 nitrogen and oxygen atoms in total. The third kappa shape index (κ3) is 4.39. The van der Waals surface area contributed by atoms with Crippen LogP contribution in [-0.4, -0.2) is 45.3 Å². The van der Waals surface area contributed by atoms with Gasteiger partial charge >= 0.3 is 0 Å². The summed E-state index contributed by atoms with van der Waals surface area (Å²) in [5, 5.41) is 29.4. The average Bonchev–Trinajstić information content (AvgIpc) is 3.30. The smallest absolute Gasteiger partial charge is 0.191 e. The summed E-state index contributed by atoms with van der Waals surface area (Å²) in [7, 11) is 0. The molecule has 0 aliphatic carbocycles. The fourth-order valence-electron chi connectivity index (χ4n) is 2.59. The van der Waals surface area contributed by atoms with Crippen molar-refractivity contribution in [3.8, 4) is 0 Å². The Morgan fingerprint density at radius 2 is 2.19 bits per heavy atom. The lowest BCUT2D eigenvalue weighted by molar-refractivity contribution is 0.0677. The van der Waals surface area contributed by atoms with Gasteiger partial charge < -0.3 is 15.7 Å². The van der Waals surface area contributed by atoms with Crippen LogP contribution in [0.25, 0.3) is 5.65 Å². The molecule has 1 atom stereocenters. The van der Waals surface area contributed by atoms with Crippen LogP contribution in [-0.2, 0) is 12.0 Å². The van der Waals surface area contributed by atoms with E-state index in [1.54, 1.807) is 18.3 Å². The zero-order valence-corrected chi connectivity index (χ0v) is 15.8. The van der Waals surface area contributed by atoms with Gasteiger partial charge in [0.2, 0.25) is 0 Å². The molecule has 0 saturated carbocycles. The molecule has 0 spiro atoms. The molecule has 3 aromatic rings. The molecule has 0 bridgehead atoms. The monoisotopic (exact) mass is 372 g/mol. The topological polar surface area (TPSA) is 86.8 Å². The van der Waals surface area contributed by atoms with Crippen molar-refractivity contribution in [1.82, 2.24) is 25.2 Å². The Bertz CT molecular complexity index is 856. The number of nitrogens with one attached hydrogen (secondary N) is 2. The molecule has 3 rings (SSSR count). The van der Waals surface area contributed by atoms with Gasteiger partial charge in [0.15, 0.2) is 11.6 Å². The van der Waals surface area contributed by atoms with Gasteiger partial charge in [0.05, 0.1) is 6.54 Å². The van der Waals surface area contributed by atoms with Crippen molar-refractivity contribution < 1.29 is 5.11 Å². The second-order valence-corrected chi connectivity index (χ2v) is 6.98. The summed E-state index contributed by atoms with van der Waals surface area (Å²) in [4.78, 5) is 4.53. The predicted molar refractivity (Wildman–Crippen MR) is 105 cm³/mol. The zero-order chi connectivity index (χ0) is 18.4. The van der Waals surface area contributed by atoms with Crippen molar-refractivity contribution in [2.75, 3.05) is 19.6 Å². The Balaban J connectivity index is 1.59. The SMILES string of the molecule is CCNC(=NCC(C)(O)c1ccsc1)NCCc1nnc2ccccn12. The number of guanidine groups is 1. The molecule has 0 fully saturated rings. The lowest BCUT2D eigenvalue weighted by atomic mass is 10.00. The first-order valence-corrected chi connectivity index (χ1v) is 9.60. The number of thiophene rings is 1. The maximum Gasteiger partial charge on any atom is 0.191 e. The third-order valence-electron chi connectivity index (χ3n) is 4.06. The molecule has 0 amide bonds. The first-order valence-electron chi connectivity index (χ1n) is 8.66. The minimum Gasteiger partial charge on any atom is -0.383 e. The molecule has 26 heavy (non-hydrogen) atoms. The van der Waals surface area contributed by atoms with E-state index in [0.29, 0.717) is 12.5 Å². The van der Waals surface area contributed by atoms with Gasteiger partial charge in [-0.3, -0.25) is 4.40 Å². The van der Waals surface area contributed by atoms with Crippen LogP contribution in [0.1, 0.15) is 25.2 Å². The number of hydrogen-bond acceptors (Lipinski definition) is 5. The molecular formula is C18H24N6OS. The van der Waals surface area contributed by atoms with E-state index in [4.69, 9.17) is 0 Å². The highest BCUT2D eigenvalue weighted by atomic mass is 32.1. The highest BCUT2D eigenvalue weighted by molar-refractivity contribution is 7.08. The highest BCUT2D eigenvalue weighted by Gasteiger charge is 2.23. The average molecular weight is 372 g/mol. The summed E-state index contributed by atoms with van der Waals surface area (Å²) in [6.07, 6.45) is 2.68. The van der Waals surface area contributed by atoms with E-state index >= 15 is 0 Å². The highest BCUT2D eigenvalue weighted by Crippen LogP contribution is 2.23. The zero-order valence-electron chi connectivity index (χ0n) is 15.0. The molecule has 0 aliphatic heterocycles. The molecule has 8 heteroatoms. The number of rotatable bonds is 7. The largest absolute Gasteiger partial charge is 0.383 e. The Labute approximate surface area is 156 Å². The van der Waals surface area contributed by atoms with Crippen LogP contribution in [0.5, 0.6) is 0 Å². The Hall–Kier alpha value is -2.45. The van der Waals surface area contributed by atoms with Crippen molar-refractivity contribution in [2.45, 2.75) is 25.9 Å². The second-order valence-electron chi connectivity index (χ2n) is 6.20. The molecule has 0 aromatic carbocycles. The number of aromatic nitrogens is 3. The van der Waals surface area contributed by atoms with Gasteiger partial charge in [-0.05, 0) is 48.4 Å². The van der Waals surface area contributed by atoms with Gasteiger partial charge in [0, 0.05) is 25.7 Å². The number of fused-ring (bicyclic) bond motifs is 1. The maximum atomic E-state index is 10.6. The normalized spacial score (nSPS) is 14.3. The van der Waals surface area contributed by atoms with E-state index in [1.165, 1.54) is 0 Å². The van der Waals surface area contributed by atoms with E-state index in [1.807, 2.05) is 52.5 Å². The van der Waals surface area contributed by atoms with Gasteiger partial charge in [-0.25, -0.2) is 4.99 Å². The molecule has 3 heterocycles. The Kier molecular flexibility index (Phi) is 5.85. The lowest BCUT2D eigenvalue weighted by Gasteiger charge is -2.21. The molecule has 1 unspecified atom stereocenters. The van der Waals surface area contributed by atoms with Gasteiger partial charge in [-0.1, -0.05) is 6.07 Å². The first-order chi connectivity index (χ1) is 12.6. The second kappa shape index (κ2) is 8.29. The lowest BCUT2D eigenvalue weighted by Crippen LogP contribution is -2.39. The fraction of sp³-hybridized carbons (Fsp3) is 0.389. The number of aliphatic imine (C=N–C) groups is 1. The number of aliphatic hydroxyl groups is 1. The molecule has 3 aromatic heterocycles. The Morgan fingerprint density at radius 3 is 2.96 bits per heavy atom. The summed E-state index contributed by atoms with van der Waals surface area (Å²) < 4.78 is 1.98. The third-order valence-corrected chi connectivity index (χ3v) is 4.74. The summed E-state index contributed by atoms with van der Waals surface area (Å²) in [5.41, 5.74) is 0.748. The summed E-state index contributed by atoms with van der Waals surface area (Å²) in [6.45, 7) is 5.50. The van der Waals surface area contributed by atoms with Gasteiger partial charge in [0.25, 0.3) is 0 Å². The van der Waals surface area contributed by atoms with Crippen molar-refractivity contribution >= 4 is 22.9 Å². The van der Waals surface area contributed by atoms with Crippen LogP contribution in [0.3, 0.4) is 0 Å². The molecule has 0 saturated heterocycles. The van der Waals surface area contributed by atoms with Gasteiger partial charge in [-0.2, -0.15) is 11.3 Å². The van der Waals surface area contributed by atoms with E-state index in [-0.39, 0.29) is 6.54 Å². The van der Waals surface area contributed by atoms with Crippen molar-refractivity contribution in [3.05, 3.63) is 52.6 Å². The minimum atomic E-state index is -0.981. The van der Waals surface area contributed by atoms with Crippen LogP contribution in [0.4, 0.5) is 0 Å². The minimum absolute atomic E-state index is 0.285. The van der Waals surface area contributed by atoms with Crippen LogP contribution < -0.4 is 10.6 Å². The summed E-state index contributed by atoms with van der Waals surface area (Å²) in [5.74, 6) is 1.58. The van der Waals surface area contributed by atoms with Crippen molar-refractivity contribution in [3.63, 3.8) is 0 Å². The molecule has 0 radical (unpaired) electrons. The maximum absolute atomic E-state index is 10.6. The molecular weight excluding hydrogens is 348 g/mol. The van der Waals surface area contributed by atoms with Crippen LogP contribution in [0.2, 0.25) is 0 Å². The molecule has 0 aliphatic rings. The standard InChI is InChI=1S/C18H24N6OS/c1-3-19-17(21-13-18(2,25)14-8-11-26-12-14)20-9-7-16-23-22-15-6-4-5-10-24(15)16/h4-6,8,10-12,25H,3,7,9,13H2,1-2H3,(H2,19,20,21). The van der Waals surface area contributed by atoms with Crippen LogP contribution in [0.15, 0.2) is 46.2 Å². The van der Waals surface area contributed by atoms with Crippen molar-refractivity contribution in [1.29, 1.82) is 0 Å². The quantitative estimate of drug-likeness (QED) is 0.435. The van der Waals surface area contributed by atoms with E-state index in [9.17, 15) is 5.11 Å². The van der Waals surface area contributed by atoms with Gasteiger partial charge in [-0.15, -0.1) is 10.2 Å². The summed E-state index contributed by atoms with van der Waals surface area (Å²) in [6, 6.07) is 7.77. The van der Waals surface area contributed by atoms with Crippen LogP contribution in [0, 0.1) is 0 Å². The number of nitrogens with zero attached hydrogens (tertiary/aromatic N) is 4. The fourth-order valence-corrected chi connectivity index (χ4v) is 3.37. The number of hydrogen-bond donors (Lipinski definition) is 3. The van der Waals surface area contributed by atoms with E-state index in [0.717, 1.165) is 30.0 Å². The first kappa shape index (κ1) is 18.3. The van der Waals surface area contributed by atoms with Crippen molar-refractivity contribution in [2.24, 2.45) is 4.99 Å².